The molecule has 0 spiro atoms. The zero-order valence-corrected chi connectivity index (χ0v) is 21.7. The Morgan fingerprint density at radius 1 is 0.733 bits per heavy atom. The molecule has 30 heavy (non-hydrogen) atoms. The van der Waals surface area contributed by atoms with Gasteiger partial charge in [0.2, 0.25) is 0 Å². The molecule has 0 fully saturated rings. The number of unbranched alkanes of at least 4 members (excludes halogenated alkanes) is 15. The zero-order valence-electron chi connectivity index (χ0n) is 19.7. The molecule has 1 atom stereocenters. The molecule has 172 valence electrons. The maximum absolute atomic E-state index is 11.5. The van der Waals surface area contributed by atoms with Crippen molar-refractivity contribution in [1.82, 2.24) is 10.6 Å². The second-order valence-corrected chi connectivity index (χ2v) is 8.17. The number of carbonyl (C=O) groups is 2. The van der Waals surface area contributed by atoms with Gasteiger partial charge in [-0.3, -0.25) is 0 Å². The SMILES string of the molecule is CCCCCCCCCCCCCCCCCCNC(=O)NCC(O)CC(=O)[O-].[Na+]. The molecule has 7 heteroatoms. The third-order valence-corrected chi connectivity index (χ3v) is 5.22. The van der Waals surface area contributed by atoms with Gasteiger partial charge in [0.15, 0.2) is 0 Å². The molecule has 0 heterocycles. The van der Waals surface area contributed by atoms with E-state index in [2.05, 4.69) is 17.6 Å². The van der Waals surface area contributed by atoms with Crippen molar-refractivity contribution in [3.05, 3.63) is 0 Å². The Morgan fingerprint density at radius 3 is 1.53 bits per heavy atom. The molecule has 3 N–H and O–H groups in total. The number of amides is 2. The molecule has 0 rings (SSSR count). The standard InChI is InChI=1S/C23H46N2O4.Na/c1-2-3-4-5-6-7-8-9-10-11-12-13-14-15-16-17-18-24-23(29)25-20-21(26)19-22(27)28;/h21,26H,2-20H2,1H3,(H,27,28)(H2,24,25,29);/q;+1/p-1. The summed E-state index contributed by atoms with van der Waals surface area (Å²) in [6.07, 6.45) is 19.5. The van der Waals surface area contributed by atoms with Crippen molar-refractivity contribution in [2.45, 2.75) is 122 Å². The number of rotatable bonds is 21. The van der Waals surface area contributed by atoms with Crippen LogP contribution in [0.5, 0.6) is 0 Å². The molecule has 2 amide bonds. The number of aliphatic carboxylic acids is 1. The first-order valence-electron chi connectivity index (χ1n) is 12.0. The molecule has 0 radical (unpaired) electrons. The number of nitrogens with one attached hydrogen (secondary N) is 2. The van der Waals surface area contributed by atoms with Crippen molar-refractivity contribution >= 4 is 12.0 Å². The van der Waals surface area contributed by atoms with Gasteiger partial charge in [0.25, 0.3) is 0 Å². The predicted octanol–water partition coefficient (Wildman–Crippen LogP) is 1.05. The summed E-state index contributed by atoms with van der Waals surface area (Å²) in [5.74, 6) is -1.33. The number of hydrogen-bond acceptors (Lipinski definition) is 4. The summed E-state index contributed by atoms with van der Waals surface area (Å²) in [7, 11) is 0. The average molecular weight is 437 g/mol. The van der Waals surface area contributed by atoms with Crippen molar-refractivity contribution in [3.63, 3.8) is 0 Å². The molecule has 0 saturated carbocycles. The Labute approximate surface area is 206 Å². The normalized spacial score (nSPS) is 11.5. The van der Waals surface area contributed by atoms with E-state index in [4.69, 9.17) is 0 Å². The number of aliphatic hydroxyl groups excluding tert-OH is 1. The molecule has 0 aliphatic rings. The van der Waals surface area contributed by atoms with Gasteiger partial charge in [0.1, 0.15) is 0 Å². The van der Waals surface area contributed by atoms with Crippen LogP contribution in [0, 0.1) is 0 Å². The van der Waals surface area contributed by atoms with Crippen molar-refractivity contribution in [3.8, 4) is 0 Å². The number of carboxylic acid groups (broad SMARTS) is 1. The molecule has 1 unspecified atom stereocenters. The van der Waals surface area contributed by atoms with Gasteiger partial charge in [-0.25, -0.2) is 4.79 Å². The van der Waals surface area contributed by atoms with Crippen LogP contribution < -0.4 is 45.3 Å². The minimum absolute atomic E-state index is 0. The van der Waals surface area contributed by atoms with E-state index in [9.17, 15) is 19.8 Å². The Balaban J connectivity index is 0. The minimum Gasteiger partial charge on any atom is -0.550 e. The van der Waals surface area contributed by atoms with Crippen LogP contribution in [0.15, 0.2) is 0 Å². The van der Waals surface area contributed by atoms with Crippen LogP contribution in [0.3, 0.4) is 0 Å². The monoisotopic (exact) mass is 436 g/mol. The minimum atomic E-state index is -1.33. The zero-order chi connectivity index (χ0) is 21.6. The fourth-order valence-corrected chi connectivity index (χ4v) is 3.41. The maximum Gasteiger partial charge on any atom is 1.00 e. The van der Waals surface area contributed by atoms with Gasteiger partial charge in [0, 0.05) is 25.5 Å². The van der Waals surface area contributed by atoms with Crippen LogP contribution in [0.2, 0.25) is 0 Å². The summed E-state index contributed by atoms with van der Waals surface area (Å²) in [4.78, 5) is 21.8. The number of carboxylic acids is 1. The summed E-state index contributed by atoms with van der Waals surface area (Å²) < 4.78 is 0. The third kappa shape index (κ3) is 25.7. The molecule has 0 saturated heterocycles. The molecule has 0 aromatic heterocycles. The summed E-state index contributed by atoms with van der Waals surface area (Å²) in [5, 5.41) is 24.8. The molecular formula is C23H45N2NaO4. The summed E-state index contributed by atoms with van der Waals surface area (Å²) in [5.41, 5.74) is 0. The smallest absolute Gasteiger partial charge is 0.550 e. The van der Waals surface area contributed by atoms with Crippen molar-refractivity contribution in [2.24, 2.45) is 0 Å². The van der Waals surface area contributed by atoms with Gasteiger partial charge in [-0.2, -0.15) is 0 Å². The van der Waals surface area contributed by atoms with Crippen LogP contribution in [-0.4, -0.2) is 36.3 Å². The Hall–Kier alpha value is -0.300. The number of carbonyl (C=O) groups excluding carboxylic acids is 2. The Morgan fingerprint density at radius 2 is 1.13 bits per heavy atom. The predicted molar refractivity (Wildman–Crippen MR) is 117 cm³/mol. The van der Waals surface area contributed by atoms with Crippen LogP contribution in [0.25, 0.3) is 0 Å². The first-order chi connectivity index (χ1) is 14.1. The van der Waals surface area contributed by atoms with E-state index in [0.717, 1.165) is 12.8 Å². The first-order valence-corrected chi connectivity index (χ1v) is 12.0. The summed E-state index contributed by atoms with van der Waals surface area (Å²) >= 11 is 0. The van der Waals surface area contributed by atoms with Crippen molar-refractivity contribution < 1.29 is 49.4 Å². The first kappa shape index (κ1) is 31.9. The third-order valence-electron chi connectivity index (χ3n) is 5.22. The van der Waals surface area contributed by atoms with Gasteiger partial charge in [-0.1, -0.05) is 103 Å². The van der Waals surface area contributed by atoms with Crippen LogP contribution in [0.1, 0.15) is 116 Å². The number of urea groups is 1. The van der Waals surface area contributed by atoms with Gasteiger partial charge >= 0.3 is 35.6 Å². The molecule has 0 bridgehead atoms. The molecule has 0 aliphatic carbocycles. The van der Waals surface area contributed by atoms with Gasteiger partial charge in [0.05, 0.1) is 6.10 Å². The van der Waals surface area contributed by atoms with Gasteiger partial charge < -0.3 is 25.6 Å². The molecular weight excluding hydrogens is 391 g/mol. The molecule has 0 aromatic carbocycles. The van der Waals surface area contributed by atoms with Crippen LogP contribution >= 0.6 is 0 Å². The van der Waals surface area contributed by atoms with Crippen LogP contribution in [0.4, 0.5) is 4.79 Å². The van der Waals surface area contributed by atoms with Gasteiger partial charge in [-0.05, 0) is 6.42 Å². The topological polar surface area (TPSA) is 101 Å². The molecule has 6 nitrogen and oxygen atoms in total. The molecule has 0 aromatic rings. The maximum atomic E-state index is 11.5. The van der Waals surface area contributed by atoms with E-state index in [1.807, 2.05) is 0 Å². The summed E-state index contributed by atoms with van der Waals surface area (Å²) in [6, 6.07) is -0.372. The number of aliphatic hydroxyl groups is 1. The number of hydrogen-bond donors (Lipinski definition) is 3. The second-order valence-electron chi connectivity index (χ2n) is 8.17. The van der Waals surface area contributed by atoms with E-state index in [-0.39, 0.29) is 42.1 Å². The average Bonchev–Trinajstić information content (AvgIpc) is 2.68. The quantitative estimate of drug-likeness (QED) is 0.185. The van der Waals surface area contributed by atoms with E-state index < -0.39 is 18.5 Å². The second kappa shape index (κ2) is 25.0. The van der Waals surface area contributed by atoms with Crippen molar-refractivity contribution in [1.29, 1.82) is 0 Å². The van der Waals surface area contributed by atoms with E-state index >= 15 is 0 Å². The fourth-order valence-electron chi connectivity index (χ4n) is 3.41. The molecule has 0 aliphatic heterocycles. The van der Waals surface area contributed by atoms with Crippen molar-refractivity contribution in [2.75, 3.05) is 13.1 Å². The van der Waals surface area contributed by atoms with Crippen LogP contribution in [-0.2, 0) is 4.79 Å². The Kier molecular flexibility index (Phi) is 26.5. The largest absolute Gasteiger partial charge is 1.00 e. The van der Waals surface area contributed by atoms with E-state index in [0.29, 0.717) is 6.54 Å². The Bertz CT molecular complexity index is 397. The fraction of sp³-hybridized carbons (Fsp3) is 0.913. The van der Waals surface area contributed by atoms with E-state index in [1.165, 1.54) is 89.9 Å². The van der Waals surface area contributed by atoms with Gasteiger partial charge in [-0.15, -0.1) is 0 Å². The summed E-state index contributed by atoms with van der Waals surface area (Å²) in [6.45, 7) is 2.78. The van der Waals surface area contributed by atoms with E-state index in [1.54, 1.807) is 0 Å².